The molecule has 2 aromatic heterocycles. The van der Waals surface area contributed by atoms with E-state index < -0.39 is 0 Å². The normalized spacial score (nSPS) is 14.5. The van der Waals surface area contributed by atoms with Gasteiger partial charge in [-0.25, -0.2) is 4.98 Å². The summed E-state index contributed by atoms with van der Waals surface area (Å²) in [7, 11) is 1.96. The van der Waals surface area contributed by atoms with Gasteiger partial charge in [0, 0.05) is 44.3 Å². The Morgan fingerprint density at radius 2 is 2.17 bits per heavy atom. The summed E-state index contributed by atoms with van der Waals surface area (Å²) in [5, 5.41) is 6.22. The third kappa shape index (κ3) is 4.98. The average molecular weight is 368 g/mol. The lowest BCUT2D eigenvalue weighted by Gasteiger charge is -2.29. The zero-order valence-corrected chi connectivity index (χ0v) is 15.3. The molecule has 0 saturated carbocycles. The molecular formula is C16H22ClN5OS. The van der Waals surface area contributed by atoms with Gasteiger partial charge >= 0.3 is 0 Å². The Kier molecular flexibility index (Phi) is 7.11. The molecule has 24 heavy (non-hydrogen) atoms. The molecule has 0 aromatic carbocycles. The van der Waals surface area contributed by atoms with Crippen LogP contribution in [0.4, 0.5) is 0 Å². The van der Waals surface area contributed by atoms with E-state index >= 15 is 0 Å². The molecule has 1 amide bonds. The number of nitrogens with one attached hydrogen (secondary N) is 1. The van der Waals surface area contributed by atoms with Crippen molar-refractivity contribution in [3.8, 4) is 10.7 Å². The van der Waals surface area contributed by atoms with Crippen LogP contribution in [0.5, 0.6) is 0 Å². The Bertz CT molecular complexity index is 645. The molecule has 8 heteroatoms. The SMILES string of the molecule is CN(CC(=O)N1CCNCC1)Cc1csc(-c2ccccn2)n1.Cl. The summed E-state index contributed by atoms with van der Waals surface area (Å²) in [5.41, 5.74) is 1.87. The molecule has 1 N–H and O–H groups in total. The Labute approximate surface area is 152 Å². The number of rotatable bonds is 5. The van der Waals surface area contributed by atoms with Gasteiger partial charge in [-0.15, -0.1) is 23.7 Å². The summed E-state index contributed by atoms with van der Waals surface area (Å²) in [5.74, 6) is 0.189. The predicted octanol–water partition coefficient (Wildman–Crippen LogP) is 1.49. The summed E-state index contributed by atoms with van der Waals surface area (Å²) >= 11 is 1.59. The van der Waals surface area contributed by atoms with E-state index in [0.717, 1.165) is 42.6 Å². The highest BCUT2D eigenvalue weighted by molar-refractivity contribution is 7.13. The van der Waals surface area contributed by atoms with Gasteiger partial charge in [-0.1, -0.05) is 6.07 Å². The van der Waals surface area contributed by atoms with Crippen molar-refractivity contribution < 1.29 is 4.79 Å². The fourth-order valence-electron chi connectivity index (χ4n) is 2.56. The molecule has 0 spiro atoms. The first kappa shape index (κ1) is 18.8. The van der Waals surface area contributed by atoms with Crippen LogP contribution in [-0.2, 0) is 11.3 Å². The number of aromatic nitrogens is 2. The van der Waals surface area contributed by atoms with Gasteiger partial charge < -0.3 is 10.2 Å². The van der Waals surface area contributed by atoms with Gasteiger partial charge in [-0.2, -0.15) is 0 Å². The maximum Gasteiger partial charge on any atom is 0.236 e. The molecule has 0 atom stereocenters. The number of amides is 1. The van der Waals surface area contributed by atoms with E-state index in [1.807, 2.05) is 40.4 Å². The molecule has 2 aromatic rings. The molecule has 0 radical (unpaired) electrons. The second-order valence-electron chi connectivity index (χ2n) is 5.66. The number of thiazole rings is 1. The molecule has 0 aliphatic carbocycles. The van der Waals surface area contributed by atoms with Gasteiger partial charge in [0.15, 0.2) is 0 Å². The number of piperazine rings is 1. The first-order chi connectivity index (χ1) is 11.2. The zero-order chi connectivity index (χ0) is 16.1. The second kappa shape index (κ2) is 9.08. The van der Waals surface area contributed by atoms with Gasteiger partial charge in [-0.05, 0) is 19.2 Å². The van der Waals surface area contributed by atoms with Gasteiger partial charge in [0.2, 0.25) is 5.91 Å². The number of nitrogens with zero attached hydrogens (tertiary/aromatic N) is 4. The summed E-state index contributed by atoms with van der Waals surface area (Å²) in [6.07, 6.45) is 1.77. The minimum Gasteiger partial charge on any atom is -0.339 e. The first-order valence-electron chi connectivity index (χ1n) is 7.75. The summed E-state index contributed by atoms with van der Waals surface area (Å²) in [4.78, 5) is 25.1. The van der Waals surface area contributed by atoms with Crippen LogP contribution >= 0.6 is 23.7 Å². The fraction of sp³-hybridized carbons (Fsp3) is 0.438. The summed E-state index contributed by atoms with van der Waals surface area (Å²) in [6.45, 7) is 4.46. The molecule has 1 aliphatic rings. The lowest BCUT2D eigenvalue weighted by atomic mass is 10.3. The number of halogens is 1. The molecule has 1 saturated heterocycles. The maximum absolute atomic E-state index is 12.3. The van der Waals surface area contributed by atoms with Crippen molar-refractivity contribution in [3.63, 3.8) is 0 Å². The summed E-state index contributed by atoms with van der Waals surface area (Å²) in [6, 6.07) is 5.81. The second-order valence-corrected chi connectivity index (χ2v) is 6.52. The zero-order valence-electron chi connectivity index (χ0n) is 13.6. The minimum atomic E-state index is 0. The Morgan fingerprint density at radius 3 is 2.88 bits per heavy atom. The Balaban J connectivity index is 0.00000208. The van der Waals surface area contributed by atoms with E-state index in [4.69, 9.17) is 0 Å². The highest BCUT2D eigenvalue weighted by Gasteiger charge is 2.18. The Hall–Kier alpha value is -1.54. The maximum atomic E-state index is 12.3. The van der Waals surface area contributed by atoms with Crippen molar-refractivity contribution in [3.05, 3.63) is 35.5 Å². The molecule has 130 valence electrons. The lowest BCUT2D eigenvalue weighted by molar-refractivity contribution is -0.132. The molecule has 3 heterocycles. The minimum absolute atomic E-state index is 0. The summed E-state index contributed by atoms with van der Waals surface area (Å²) < 4.78 is 0. The standard InChI is InChI=1S/C16H21N5OS.ClH/c1-20(11-15(22)21-8-6-17-7-9-21)10-13-12-23-16(19-13)14-4-2-3-5-18-14;/h2-5,12,17H,6-11H2,1H3;1H. The van der Waals surface area contributed by atoms with Crippen molar-refractivity contribution in [1.29, 1.82) is 0 Å². The van der Waals surface area contributed by atoms with Crippen LogP contribution in [0.3, 0.4) is 0 Å². The van der Waals surface area contributed by atoms with Crippen LogP contribution in [0, 0.1) is 0 Å². The van der Waals surface area contributed by atoms with Gasteiger partial charge in [0.1, 0.15) is 5.01 Å². The van der Waals surface area contributed by atoms with Crippen LogP contribution in [0.15, 0.2) is 29.8 Å². The largest absolute Gasteiger partial charge is 0.339 e. The highest BCUT2D eigenvalue weighted by Crippen LogP contribution is 2.21. The van der Waals surface area contributed by atoms with Crippen LogP contribution in [0.1, 0.15) is 5.69 Å². The molecule has 3 rings (SSSR count). The fourth-order valence-corrected chi connectivity index (χ4v) is 3.35. The third-order valence-corrected chi connectivity index (χ3v) is 4.66. The molecule has 6 nitrogen and oxygen atoms in total. The quantitative estimate of drug-likeness (QED) is 0.867. The number of likely N-dealkylation sites (N-methyl/N-ethyl adjacent to an activating group) is 1. The van der Waals surface area contributed by atoms with E-state index in [0.29, 0.717) is 13.1 Å². The van der Waals surface area contributed by atoms with Crippen molar-refractivity contribution in [2.24, 2.45) is 0 Å². The van der Waals surface area contributed by atoms with E-state index in [2.05, 4.69) is 15.3 Å². The molecule has 1 fully saturated rings. The number of carbonyl (C=O) groups is 1. The highest BCUT2D eigenvalue weighted by atomic mass is 35.5. The Morgan fingerprint density at radius 1 is 1.38 bits per heavy atom. The van der Waals surface area contributed by atoms with Crippen molar-refractivity contribution in [1.82, 2.24) is 25.1 Å². The first-order valence-corrected chi connectivity index (χ1v) is 8.63. The van der Waals surface area contributed by atoms with Crippen LogP contribution in [0.25, 0.3) is 10.7 Å². The van der Waals surface area contributed by atoms with Crippen LogP contribution < -0.4 is 5.32 Å². The van der Waals surface area contributed by atoms with E-state index in [1.165, 1.54) is 0 Å². The van der Waals surface area contributed by atoms with Crippen molar-refractivity contribution >= 4 is 29.7 Å². The van der Waals surface area contributed by atoms with Gasteiger partial charge in [0.05, 0.1) is 17.9 Å². The number of carbonyl (C=O) groups excluding carboxylic acids is 1. The predicted molar refractivity (Wildman–Crippen MR) is 98.4 cm³/mol. The van der Waals surface area contributed by atoms with Crippen molar-refractivity contribution in [2.45, 2.75) is 6.54 Å². The molecular weight excluding hydrogens is 346 g/mol. The molecule has 0 bridgehead atoms. The monoisotopic (exact) mass is 367 g/mol. The molecule has 1 aliphatic heterocycles. The number of hydrogen-bond acceptors (Lipinski definition) is 6. The van der Waals surface area contributed by atoms with Gasteiger partial charge in [-0.3, -0.25) is 14.7 Å². The smallest absolute Gasteiger partial charge is 0.236 e. The van der Waals surface area contributed by atoms with Crippen LogP contribution in [-0.4, -0.2) is 65.4 Å². The average Bonchev–Trinajstić information content (AvgIpc) is 3.04. The topological polar surface area (TPSA) is 61.4 Å². The van der Waals surface area contributed by atoms with E-state index in [-0.39, 0.29) is 18.3 Å². The third-order valence-electron chi connectivity index (χ3n) is 3.74. The lowest BCUT2D eigenvalue weighted by Crippen LogP contribution is -2.49. The van der Waals surface area contributed by atoms with Crippen molar-refractivity contribution in [2.75, 3.05) is 39.8 Å². The van der Waals surface area contributed by atoms with Gasteiger partial charge in [0.25, 0.3) is 0 Å². The molecule has 0 unspecified atom stereocenters. The van der Waals surface area contributed by atoms with Crippen LogP contribution in [0.2, 0.25) is 0 Å². The number of hydrogen-bond donors (Lipinski definition) is 1. The van der Waals surface area contributed by atoms with E-state index in [9.17, 15) is 4.79 Å². The van der Waals surface area contributed by atoms with E-state index in [1.54, 1.807) is 17.5 Å². The number of pyridine rings is 1.